The van der Waals surface area contributed by atoms with Crippen LogP contribution in [0, 0.1) is 0 Å². The third-order valence-corrected chi connectivity index (χ3v) is 4.27. The van der Waals surface area contributed by atoms with Gasteiger partial charge in [0.25, 0.3) is 0 Å². The van der Waals surface area contributed by atoms with Crippen LogP contribution in [0.15, 0.2) is 36.5 Å². The fraction of sp³-hybridized carbons (Fsp3) is 0.438. The van der Waals surface area contributed by atoms with Gasteiger partial charge in [-0.1, -0.05) is 36.6 Å². The van der Waals surface area contributed by atoms with Crippen LogP contribution in [0.5, 0.6) is 0 Å². The molecule has 4 heteroatoms. The van der Waals surface area contributed by atoms with Gasteiger partial charge in [0.1, 0.15) is 0 Å². The van der Waals surface area contributed by atoms with Crippen molar-refractivity contribution in [3.63, 3.8) is 0 Å². The van der Waals surface area contributed by atoms with Crippen molar-refractivity contribution in [1.82, 2.24) is 9.78 Å². The SMILES string of the molecule is OC(Cc1ccn(C2CCCC2)n1)c1ccc(Cl)cc1. The van der Waals surface area contributed by atoms with Crippen LogP contribution in [0.1, 0.15) is 49.1 Å². The van der Waals surface area contributed by atoms with Crippen LogP contribution in [0.2, 0.25) is 5.02 Å². The van der Waals surface area contributed by atoms with Crippen LogP contribution in [0.4, 0.5) is 0 Å². The molecule has 0 amide bonds. The van der Waals surface area contributed by atoms with Crippen molar-refractivity contribution in [2.24, 2.45) is 0 Å². The summed E-state index contributed by atoms with van der Waals surface area (Å²) in [5.74, 6) is 0. The predicted molar refractivity (Wildman–Crippen MR) is 79.8 cm³/mol. The van der Waals surface area contributed by atoms with Crippen molar-refractivity contribution in [1.29, 1.82) is 0 Å². The Hall–Kier alpha value is -1.32. The molecule has 1 fully saturated rings. The fourth-order valence-corrected chi connectivity index (χ4v) is 2.99. The van der Waals surface area contributed by atoms with Crippen LogP contribution in [-0.4, -0.2) is 14.9 Å². The van der Waals surface area contributed by atoms with E-state index in [4.69, 9.17) is 11.6 Å². The first-order valence-corrected chi connectivity index (χ1v) is 7.58. The largest absolute Gasteiger partial charge is 0.388 e. The molecule has 0 bridgehead atoms. The lowest BCUT2D eigenvalue weighted by molar-refractivity contribution is 0.177. The molecule has 1 aliphatic rings. The van der Waals surface area contributed by atoms with E-state index in [9.17, 15) is 5.11 Å². The van der Waals surface area contributed by atoms with E-state index in [1.54, 1.807) is 12.1 Å². The summed E-state index contributed by atoms with van der Waals surface area (Å²) in [6, 6.07) is 9.89. The summed E-state index contributed by atoms with van der Waals surface area (Å²) in [6.07, 6.45) is 7.10. The molecule has 0 spiro atoms. The predicted octanol–water partition coefficient (Wildman–Crippen LogP) is 3.93. The number of aliphatic hydroxyl groups excluding tert-OH is 1. The minimum atomic E-state index is -0.529. The van der Waals surface area contributed by atoms with Gasteiger partial charge in [0.2, 0.25) is 0 Å². The number of rotatable bonds is 4. The topological polar surface area (TPSA) is 38.0 Å². The fourth-order valence-electron chi connectivity index (χ4n) is 2.86. The highest BCUT2D eigenvalue weighted by Crippen LogP contribution is 2.29. The Bertz CT molecular complexity index is 558. The molecule has 1 N–H and O–H groups in total. The smallest absolute Gasteiger partial charge is 0.0846 e. The van der Waals surface area contributed by atoms with Gasteiger partial charge in [0.15, 0.2) is 0 Å². The third kappa shape index (κ3) is 3.05. The Morgan fingerprint density at radius 2 is 1.90 bits per heavy atom. The zero-order valence-corrected chi connectivity index (χ0v) is 12.1. The molecule has 1 aromatic heterocycles. The van der Waals surface area contributed by atoms with Crippen molar-refractivity contribution < 1.29 is 5.11 Å². The normalized spacial score (nSPS) is 17.5. The van der Waals surface area contributed by atoms with Crippen LogP contribution in [0.3, 0.4) is 0 Å². The van der Waals surface area contributed by atoms with E-state index in [0.29, 0.717) is 17.5 Å². The van der Waals surface area contributed by atoms with Crippen LogP contribution >= 0.6 is 11.6 Å². The second kappa shape index (κ2) is 5.98. The van der Waals surface area contributed by atoms with Gasteiger partial charge in [-0.25, -0.2) is 0 Å². The van der Waals surface area contributed by atoms with Gasteiger partial charge < -0.3 is 5.11 Å². The van der Waals surface area contributed by atoms with E-state index in [2.05, 4.69) is 9.78 Å². The van der Waals surface area contributed by atoms with E-state index < -0.39 is 6.10 Å². The first kappa shape index (κ1) is 13.7. The molecule has 1 aliphatic carbocycles. The molecule has 1 unspecified atom stereocenters. The Morgan fingerprint density at radius 1 is 1.20 bits per heavy atom. The standard InChI is InChI=1S/C16H19ClN2O/c17-13-7-5-12(6-8-13)16(20)11-14-9-10-19(18-14)15-3-1-2-4-15/h5-10,15-16,20H,1-4,11H2. The summed E-state index contributed by atoms with van der Waals surface area (Å²) < 4.78 is 2.07. The molecular formula is C16H19ClN2O. The lowest BCUT2D eigenvalue weighted by atomic mass is 10.1. The van der Waals surface area contributed by atoms with Crippen LogP contribution in [0.25, 0.3) is 0 Å². The van der Waals surface area contributed by atoms with Gasteiger partial charge >= 0.3 is 0 Å². The quantitative estimate of drug-likeness (QED) is 0.926. The number of hydrogen-bond donors (Lipinski definition) is 1. The highest BCUT2D eigenvalue weighted by Gasteiger charge is 2.18. The van der Waals surface area contributed by atoms with Gasteiger partial charge in [-0.05, 0) is 36.6 Å². The molecule has 1 aromatic carbocycles. The molecular weight excluding hydrogens is 272 g/mol. The lowest BCUT2D eigenvalue weighted by Crippen LogP contribution is -2.07. The van der Waals surface area contributed by atoms with Crippen molar-refractivity contribution in [2.75, 3.05) is 0 Å². The van der Waals surface area contributed by atoms with E-state index in [0.717, 1.165) is 11.3 Å². The van der Waals surface area contributed by atoms with E-state index in [1.807, 2.05) is 24.4 Å². The molecule has 1 saturated carbocycles. The molecule has 1 heterocycles. The van der Waals surface area contributed by atoms with E-state index in [-0.39, 0.29) is 0 Å². The van der Waals surface area contributed by atoms with Crippen molar-refractivity contribution in [2.45, 2.75) is 44.2 Å². The average Bonchev–Trinajstić information content (AvgIpc) is 3.09. The zero-order valence-electron chi connectivity index (χ0n) is 11.4. The van der Waals surface area contributed by atoms with E-state index in [1.165, 1.54) is 25.7 Å². The minimum absolute atomic E-state index is 0.529. The van der Waals surface area contributed by atoms with Crippen molar-refractivity contribution in [3.8, 4) is 0 Å². The minimum Gasteiger partial charge on any atom is -0.388 e. The van der Waals surface area contributed by atoms with Gasteiger partial charge in [-0.15, -0.1) is 0 Å². The molecule has 1 atom stereocenters. The van der Waals surface area contributed by atoms with Gasteiger partial charge in [0.05, 0.1) is 17.8 Å². The maximum atomic E-state index is 10.2. The van der Waals surface area contributed by atoms with Crippen molar-refractivity contribution in [3.05, 3.63) is 52.8 Å². The van der Waals surface area contributed by atoms with Crippen LogP contribution in [-0.2, 0) is 6.42 Å². The van der Waals surface area contributed by atoms with Gasteiger partial charge in [0, 0.05) is 17.6 Å². The Morgan fingerprint density at radius 3 is 2.60 bits per heavy atom. The molecule has 0 saturated heterocycles. The number of hydrogen-bond acceptors (Lipinski definition) is 2. The first-order valence-electron chi connectivity index (χ1n) is 7.20. The molecule has 2 aromatic rings. The number of nitrogens with zero attached hydrogens (tertiary/aromatic N) is 2. The second-order valence-corrected chi connectivity index (χ2v) is 5.93. The molecule has 0 aliphatic heterocycles. The summed E-state index contributed by atoms with van der Waals surface area (Å²) >= 11 is 5.86. The summed E-state index contributed by atoms with van der Waals surface area (Å²) in [5.41, 5.74) is 1.82. The highest BCUT2D eigenvalue weighted by atomic mass is 35.5. The maximum absolute atomic E-state index is 10.2. The summed E-state index contributed by atoms with van der Waals surface area (Å²) in [7, 11) is 0. The Balaban J connectivity index is 1.66. The van der Waals surface area contributed by atoms with E-state index >= 15 is 0 Å². The number of aromatic nitrogens is 2. The van der Waals surface area contributed by atoms with Crippen molar-refractivity contribution >= 4 is 11.6 Å². The number of benzene rings is 1. The van der Waals surface area contributed by atoms with Crippen LogP contribution < -0.4 is 0 Å². The average molecular weight is 291 g/mol. The Kier molecular flexibility index (Phi) is 4.08. The number of aliphatic hydroxyl groups is 1. The molecule has 3 nitrogen and oxygen atoms in total. The highest BCUT2D eigenvalue weighted by molar-refractivity contribution is 6.30. The molecule has 3 rings (SSSR count). The monoisotopic (exact) mass is 290 g/mol. The third-order valence-electron chi connectivity index (χ3n) is 4.02. The number of halogens is 1. The zero-order chi connectivity index (χ0) is 13.9. The van der Waals surface area contributed by atoms with Gasteiger partial charge in [-0.3, -0.25) is 4.68 Å². The second-order valence-electron chi connectivity index (χ2n) is 5.50. The molecule has 20 heavy (non-hydrogen) atoms. The first-order chi connectivity index (χ1) is 9.72. The summed E-state index contributed by atoms with van der Waals surface area (Å²) in [4.78, 5) is 0. The molecule has 0 radical (unpaired) electrons. The Labute approximate surface area is 124 Å². The lowest BCUT2D eigenvalue weighted by Gasteiger charge is -2.11. The maximum Gasteiger partial charge on any atom is 0.0846 e. The molecule has 106 valence electrons. The summed E-state index contributed by atoms with van der Waals surface area (Å²) in [5, 5.41) is 15.5. The summed E-state index contributed by atoms with van der Waals surface area (Å²) in [6.45, 7) is 0. The van der Waals surface area contributed by atoms with Gasteiger partial charge in [-0.2, -0.15) is 5.10 Å².